The number of carbonyl (C=O) groups is 2. The Hall–Kier alpha value is -2.27. The number of fused-ring (bicyclic) bond motifs is 1. The van der Waals surface area contributed by atoms with E-state index >= 15 is 0 Å². The van der Waals surface area contributed by atoms with E-state index in [0.29, 0.717) is 17.3 Å². The molecule has 0 bridgehead atoms. The number of hydrogen-bond acceptors (Lipinski definition) is 2. The maximum atomic E-state index is 12.6. The van der Waals surface area contributed by atoms with Crippen molar-refractivity contribution < 1.29 is 9.59 Å². The van der Waals surface area contributed by atoms with Crippen molar-refractivity contribution >= 4 is 29.1 Å². The van der Waals surface area contributed by atoms with Crippen LogP contribution in [0.2, 0.25) is 5.02 Å². The van der Waals surface area contributed by atoms with Gasteiger partial charge in [0, 0.05) is 18.4 Å². The van der Waals surface area contributed by atoms with Gasteiger partial charge in [0.15, 0.2) is 0 Å². The van der Waals surface area contributed by atoms with Gasteiger partial charge in [-0.1, -0.05) is 29.8 Å². The number of anilines is 1. The van der Waals surface area contributed by atoms with Crippen LogP contribution in [0.1, 0.15) is 23.0 Å². The highest BCUT2D eigenvalue weighted by Crippen LogP contribution is 2.24. The van der Waals surface area contributed by atoms with Gasteiger partial charge in [-0.05, 0) is 24.6 Å². The molecule has 1 aromatic heterocycles. The molecule has 0 saturated heterocycles. The fourth-order valence-electron chi connectivity index (χ4n) is 2.37. The molecule has 2 aromatic rings. The van der Waals surface area contributed by atoms with Gasteiger partial charge in [0.05, 0.1) is 5.02 Å². The van der Waals surface area contributed by atoms with E-state index in [1.54, 1.807) is 19.2 Å². The number of aromatic amines is 1. The molecule has 2 amide bonds. The van der Waals surface area contributed by atoms with Gasteiger partial charge < -0.3 is 15.2 Å². The van der Waals surface area contributed by atoms with Gasteiger partial charge in [-0.25, -0.2) is 0 Å². The molecule has 21 heavy (non-hydrogen) atoms. The molecule has 6 heteroatoms. The van der Waals surface area contributed by atoms with Crippen molar-refractivity contribution in [3.8, 4) is 0 Å². The van der Waals surface area contributed by atoms with E-state index in [-0.39, 0.29) is 11.8 Å². The molecule has 0 spiro atoms. The second kappa shape index (κ2) is 5.26. The number of halogens is 1. The van der Waals surface area contributed by atoms with Gasteiger partial charge in [-0.3, -0.25) is 9.59 Å². The van der Waals surface area contributed by atoms with Crippen LogP contribution in [-0.2, 0) is 11.3 Å². The molecule has 1 aliphatic rings. The molecule has 2 heterocycles. The van der Waals surface area contributed by atoms with Crippen molar-refractivity contribution in [2.45, 2.75) is 19.5 Å². The van der Waals surface area contributed by atoms with Gasteiger partial charge in [-0.15, -0.1) is 0 Å². The van der Waals surface area contributed by atoms with E-state index < -0.39 is 6.04 Å². The first-order valence-electron chi connectivity index (χ1n) is 6.60. The summed E-state index contributed by atoms with van der Waals surface area (Å²) < 4.78 is 0. The SMILES string of the molecule is CC1C(=O)Nc2ccccc2CN1C(=O)c1cc(Cl)c[nH]1. The van der Waals surface area contributed by atoms with E-state index in [4.69, 9.17) is 11.6 Å². The Morgan fingerprint density at radius 2 is 2.14 bits per heavy atom. The molecule has 0 fully saturated rings. The lowest BCUT2D eigenvalue weighted by Crippen LogP contribution is -2.43. The topological polar surface area (TPSA) is 65.2 Å². The van der Waals surface area contributed by atoms with Crippen molar-refractivity contribution in [3.05, 3.63) is 52.8 Å². The number of benzene rings is 1. The molecular weight excluding hydrogens is 290 g/mol. The Balaban J connectivity index is 1.97. The number of rotatable bonds is 1. The van der Waals surface area contributed by atoms with Crippen LogP contribution < -0.4 is 5.32 Å². The zero-order valence-electron chi connectivity index (χ0n) is 11.4. The van der Waals surface area contributed by atoms with Gasteiger partial charge in [-0.2, -0.15) is 0 Å². The minimum atomic E-state index is -0.563. The van der Waals surface area contributed by atoms with Crippen LogP contribution in [0.3, 0.4) is 0 Å². The minimum absolute atomic E-state index is 0.203. The number of nitrogens with one attached hydrogen (secondary N) is 2. The third kappa shape index (κ3) is 2.52. The molecule has 108 valence electrons. The number of aromatic nitrogens is 1. The molecule has 1 unspecified atom stereocenters. The number of para-hydroxylation sites is 1. The molecule has 1 aliphatic heterocycles. The fraction of sp³-hybridized carbons (Fsp3) is 0.200. The van der Waals surface area contributed by atoms with E-state index in [0.717, 1.165) is 11.3 Å². The van der Waals surface area contributed by atoms with Crippen molar-refractivity contribution in [1.29, 1.82) is 0 Å². The predicted octanol–water partition coefficient (Wildman–Crippen LogP) is 2.65. The molecule has 3 rings (SSSR count). The lowest BCUT2D eigenvalue weighted by atomic mass is 10.1. The number of amides is 2. The van der Waals surface area contributed by atoms with E-state index in [1.165, 1.54) is 4.90 Å². The molecule has 0 aliphatic carbocycles. The quantitative estimate of drug-likeness (QED) is 0.850. The highest BCUT2D eigenvalue weighted by Gasteiger charge is 2.31. The first-order chi connectivity index (χ1) is 10.1. The van der Waals surface area contributed by atoms with Crippen LogP contribution in [0.5, 0.6) is 0 Å². The maximum Gasteiger partial charge on any atom is 0.271 e. The average molecular weight is 304 g/mol. The number of H-pyrrole nitrogens is 1. The first-order valence-corrected chi connectivity index (χ1v) is 6.97. The highest BCUT2D eigenvalue weighted by molar-refractivity contribution is 6.31. The van der Waals surface area contributed by atoms with Crippen LogP contribution in [0, 0.1) is 0 Å². The van der Waals surface area contributed by atoms with Crippen molar-refractivity contribution in [2.75, 3.05) is 5.32 Å². The lowest BCUT2D eigenvalue weighted by molar-refractivity contribution is -0.120. The Morgan fingerprint density at radius 3 is 2.86 bits per heavy atom. The predicted molar refractivity (Wildman–Crippen MR) is 80.2 cm³/mol. The minimum Gasteiger partial charge on any atom is -0.356 e. The molecule has 1 atom stereocenters. The molecule has 0 saturated carbocycles. The van der Waals surface area contributed by atoms with Crippen molar-refractivity contribution in [2.24, 2.45) is 0 Å². The third-order valence-corrected chi connectivity index (χ3v) is 3.82. The van der Waals surface area contributed by atoms with Crippen LogP contribution in [0.4, 0.5) is 5.69 Å². The largest absolute Gasteiger partial charge is 0.356 e. The Morgan fingerprint density at radius 1 is 1.38 bits per heavy atom. The number of carbonyl (C=O) groups excluding carboxylic acids is 2. The van der Waals surface area contributed by atoms with Gasteiger partial charge in [0.1, 0.15) is 11.7 Å². The first kappa shape index (κ1) is 13.7. The summed E-state index contributed by atoms with van der Waals surface area (Å²) in [5, 5.41) is 3.31. The van der Waals surface area contributed by atoms with Crippen LogP contribution >= 0.6 is 11.6 Å². The summed E-state index contributed by atoms with van der Waals surface area (Å²) in [6, 6.07) is 8.47. The monoisotopic (exact) mass is 303 g/mol. The summed E-state index contributed by atoms with van der Waals surface area (Å²) in [5.74, 6) is -0.452. The van der Waals surface area contributed by atoms with Gasteiger partial charge in [0.2, 0.25) is 5.91 Å². The zero-order valence-corrected chi connectivity index (χ0v) is 12.1. The van der Waals surface area contributed by atoms with Gasteiger partial charge >= 0.3 is 0 Å². The van der Waals surface area contributed by atoms with Crippen LogP contribution in [0.15, 0.2) is 36.5 Å². The molecule has 2 N–H and O–H groups in total. The summed E-state index contributed by atoms with van der Waals surface area (Å²) in [5.41, 5.74) is 2.02. The molecule has 1 aromatic carbocycles. The second-order valence-corrected chi connectivity index (χ2v) is 5.42. The standard InChI is InChI=1S/C15H14ClN3O2/c1-9-14(20)18-12-5-3-2-4-10(12)8-19(9)15(21)13-6-11(16)7-17-13/h2-7,9,17H,8H2,1H3,(H,18,20). The smallest absolute Gasteiger partial charge is 0.271 e. The van der Waals surface area contributed by atoms with Crippen LogP contribution in [0.25, 0.3) is 0 Å². The summed E-state index contributed by atoms with van der Waals surface area (Å²) >= 11 is 5.84. The fourth-order valence-corrected chi connectivity index (χ4v) is 2.54. The number of hydrogen-bond donors (Lipinski definition) is 2. The normalized spacial score (nSPS) is 17.9. The highest BCUT2D eigenvalue weighted by atomic mass is 35.5. The Labute approximate surface area is 126 Å². The molecular formula is C15H14ClN3O2. The number of nitrogens with zero attached hydrogens (tertiary/aromatic N) is 1. The Bertz CT molecular complexity index is 710. The Kier molecular flexibility index (Phi) is 3.43. The van der Waals surface area contributed by atoms with Crippen molar-refractivity contribution in [1.82, 2.24) is 9.88 Å². The molecule has 0 radical (unpaired) electrons. The van der Waals surface area contributed by atoms with E-state index in [1.807, 2.05) is 24.3 Å². The average Bonchev–Trinajstić information content (AvgIpc) is 2.86. The second-order valence-electron chi connectivity index (χ2n) is 4.99. The zero-order chi connectivity index (χ0) is 15.0. The van der Waals surface area contributed by atoms with E-state index in [2.05, 4.69) is 10.3 Å². The van der Waals surface area contributed by atoms with Gasteiger partial charge in [0.25, 0.3) is 5.91 Å². The van der Waals surface area contributed by atoms with Crippen molar-refractivity contribution in [3.63, 3.8) is 0 Å². The summed E-state index contributed by atoms with van der Waals surface area (Å²) in [7, 11) is 0. The molecule has 5 nitrogen and oxygen atoms in total. The summed E-state index contributed by atoms with van der Waals surface area (Å²) in [4.78, 5) is 29.1. The third-order valence-electron chi connectivity index (χ3n) is 3.60. The van der Waals surface area contributed by atoms with Crippen LogP contribution in [-0.4, -0.2) is 27.7 Å². The maximum absolute atomic E-state index is 12.6. The summed E-state index contributed by atoms with van der Waals surface area (Å²) in [6.07, 6.45) is 1.55. The van der Waals surface area contributed by atoms with E-state index in [9.17, 15) is 9.59 Å². The lowest BCUT2D eigenvalue weighted by Gasteiger charge is -2.25. The summed E-state index contributed by atoms with van der Waals surface area (Å²) in [6.45, 7) is 2.08.